The Morgan fingerprint density at radius 1 is 0.846 bits per heavy atom. The predicted molar refractivity (Wildman–Crippen MR) is 153 cm³/mol. The summed E-state index contributed by atoms with van der Waals surface area (Å²) in [6.45, 7) is 0.628. The van der Waals surface area contributed by atoms with Gasteiger partial charge in [0.25, 0.3) is 5.91 Å². The highest BCUT2D eigenvalue weighted by atomic mass is 35.5. The largest absolute Gasteiger partial charge is 0.497 e. The summed E-state index contributed by atoms with van der Waals surface area (Å²) in [5.41, 5.74) is 2.82. The van der Waals surface area contributed by atoms with Gasteiger partial charge in [0.2, 0.25) is 0 Å². The van der Waals surface area contributed by atoms with Crippen LogP contribution in [0.25, 0.3) is 6.08 Å². The Morgan fingerprint density at radius 3 is 2.26 bits per heavy atom. The van der Waals surface area contributed by atoms with Gasteiger partial charge in [0.1, 0.15) is 42.1 Å². The summed E-state index contributed by atoms with van der Waals surface area (Å²) in [4.78, 5) is 12.9. The first-order valence-corrected chi connectivity index (χ1v) is 12.7. The Balaban J connectivity index is 1.45. The van der Waals surface area contributed by atoms with E-state index in [9.17, 15) is 10.1 Å². The van der Waals surface area contributed by atoms with Crippen LogP contribution in [0.4, 0.5) is 5.69 Å². The fourth-order valence-corrected chi connectivity index (χ4v) is 3.88. The highest BCUT2D eigenvalue weighted by Gasteiger charge is 2.13. The maximum absolute atomic E-state index is 12.9. The molecule has 0 unspecified atom stereocenters. The van der Waals surface area contributed by atoms with Crippen molar-refractivity contribution in [1.82, 2.24) is 0 Å². The molecule has 0 aliphatic heterocycles. The lowest BCUT2D eigenvalue weighted by molar-refractivity contribution is -0.112. The standard InChI is InChI=1S/C31H24Cl2N2O4/c1-37-27-11-8-23(30(17-27)39-20-22-7-14-28(32)29(33)15-22)16-24(18-34)31(36)35-25-9-12-26(13-10-25)38-19-21-5-3-2-4-6-21/h2-17H,19-20H2,1H3,(H,35,36)/b24-16+. The molecule has 8 heteroatoms. The number of rotatable bonds is 10. The summed E-state index contributed by atoms with van der Waals surface area (Å²) in [6, 6.07) is 29.1. The van der Waals surface area contributed by atoms with E-state index in [1.165, 1.54) is 6.08 Å². The van der Waals surface area contributed by atoms with Crippen LogP contribution in [0.5, 0.6) is 17.2 Å². The van der Waals surface area contributed by atoms with E-state index in [2.05, 4.69) is 5.32 Å². The highest BCUT2D eigenvalue weighted by molar-refractivity contribution is 6.42. The van der Waals surface area contributed by atoms with Crippen molar-refractivity contribution in [2.75, 3.05) is 12.4 Å². The van der Waals surface area contributed by atoms with E-state index in [1.54, 1.807) is 67.8 Å². The third-order valence-electron chi connectivity index (χ3n) is 5.62. The average molecular weight is 559 g/mol. The summed E-state index contributed by atoms with van der Waals surface area (Å²) >= 11 is 12.1. The van der Waals surface area contributed by atoms with Crippen molar-refractivity contribution >= 4 is 40.9 Å². The Kier molecular flexibility index (Phi) is 9.47. The molecule has 0 radical (unpaired) electrons. The molecule has 0 bridgehead atoms. The van der Waals surface area contributed by atoms with Crippen LogP contribution in [-0.2, 0) is 18.0 Å². The Hall–Kier alpha value is -4.44. The van der Waals surface area contributed by atoms with Crippen molar-refractivity contribution in [3.63, 3.8) is 0 Å². The highest BCUT2D eigenvalue weighted by Crippen LogP contribution is 2.29. The number of nitriles is 1. The van der Waals surface area contributed by atoms with Gasteiger partial charge in [0.05, 0.1) is 17.2 Å². The molecule has 39 heavy (non-hydrogen) atoms. The molecular formula is C31H24Cl2N2O4. The number of methoxy groups -OCH3 is 1. The maximum atomic E-state index is 12.9. The number of benzene rings is 4. The summed E-state index contributed by atoms with van der Waals surface area (Å²) in [7, 11) is 1.54. The molecule has 196 valence electrons. The molecule has 4 rings (SSSR count). The molecule has 0 fully saturated rings. The van der Waals surface area contributed by atoms with Crippen LogP contribution in [0.1, 0.15) is 16.7 Å². The minimum absolute atomic E-state index is 0.0936. The van der Waals surface area contributed by atoms with Crippen LogP contribution < -0.4 is 19.5 Å². The first-order valence-electron chi connectivity index (χ1n) is 11.9. The van der Waals surface area contributed by atoms with Crippen LogP contribution in [0, 0.1) is 11.3 Å². The summed E-state index contributed by atoms with van der Waals surface area (Å²) in [6.07, 6.45) is 1.47. The van der Waals surface area contributed by atoms with Crippen LogP contribution in [0.15, 0.2) is 96.6 Å². The molecule has 1 N–H and O–H groups in total. The van der Waals surface area contributed by atoms with Crippen molar-refractivity contribution in [2.24, 2.45) is 0 Å². The molecule has 4 aromatic carbocycles. The fourth-order valence-electron chi connectivity index (χ4n) is 3.55. The molecule has 0 spiro atoms. The lowest BCUT2D eigenvalue weighted by Gasteiger charge is -2.12. The van der Waals surface area contributed by atoms with E-state index in [4.69, 9.17) is 37.4 Å². The molecule has 0 aromatic heterocycles. The summed E-state index contributed by atoms with van der Waals surface area (Å²) < 4.78 is 17.1. The summed E-state index contributed by atoms with van der Waals surface area (Å²) in [5.74, 6) is 1.10. The zero-order chi connectivity index (χ0) is 27.6. The smallest absolute Gasteiger partial charge is 0.266 e. The van der Waals surface area contributed by atoms with Crippen LogP contribution in [0.2, 0.25) is 10.0 Å². The molecule has 0 aliphatic carbocycles. The van der Waals surface area contributed by atoms with Crippen molar-refractivity contribution in [3.05, 3.63) is 123 Å². The number of anilines is 1. The van der Waals surface area contributed by atoms with Gasteiger partial charge >= 0.3 is 0 Å². The second-order valence-corrected chi connectivity index (χ2v) is 9.18. The van der Waals surface area contributed by atoms with E-state index in [-0.39, 0.29) is 12.2 Å². The lowest BCUT2D eigenvalue weighted by Crippen LogP contribution is -2.13. The second-order valence-electron chi connectivity index (χ2n) is 8.36. The van der Waals surface area contributed by atoms with Gasteiger partial charge in [-0.1, -0.05) is 59.6 Å². The number of nitrogens with zero attached hydrogens (tertiary/aromatic N) is 1. The summed E-state index contributed by atoms with van der Waals surface area (Å²) in [5, 5.41) is 13.3. The number of hydrogen-bond acceptors (Lipinski definition) is 5. The number of carbonyl (C=O) groups excluding carboxylic acids is 1. The molecule has 0 saturated carbocycles. The minimum Gasteiger partial charge on any atom is -0.497 e. The average Bonchev–Trinajstić information content (AvgIpc) is 2.97. The van der Waals surface area contributed by atoms with Gasteiger partial charge in [-0.05, 0) is 65.7 Å². The van der Waals surface area contributed by atoms with Gasteiger partial charge in [0.15, 0.2) is 0 Å². The van der Waals surface area contributed by atoms with E-state index < -0.39 is 5.91 Å². The third-order valence-corrected chi connectivity index (χ3v) is 6.36. The molecule has 1 amide bonds. The minimum atomic E-state index is -0.554. The van der Waals surface area contributed by atoms with Crippen LogP contribution >= 0.6 is 23.2 Å². The number of ether oxygens (including phenoxy) is 3. The zero-order valence-corrected chi connectivity index (χ0v) is 22.5. The van der Waals surface area contributed by atoms with Crippen molar-refractivity contribution in [2.45, 2.75) is 13.2 Å². The Bertz CT molecular complexity index is 1510. The van der Waals surface area contributed by atoms with Crippen LogP contribution in [0.3, 0.4) is 0 Å². The maximum Gasteiger partial charge on any atom is 0.266 e. The van der Waals surface area contributed by atoms with Crippen molar-refractivity contribution in [1.29, 1.82) is 5.26 Å². The van der Waals surface area contributed by atoms with Gasteiger partial charge in [-0.25, -0.2) is 0 Å². The normalized spacial score (nSPS) is 10.9. The van der Waals surface area contributed by atoms with Gasteiger partial charge in [-0.2, -0.15) is 5.26 Å². The first-order chi connectivity index (χ1) is 18.9. The zero-order valence-electron chi connectivity index (χ0n) is 21.0. The topological polar surface area (TPSA) is 80.6 Å². The quantitative estimate of drug-likeness (QED) is 0.159. The predicted octanol–water partition coefficient (Wildman–Crippen LogP) is 7.71. The Labute approximate surface area is 237 Å². The number of halogens is 2. The van der Waals surface area contributed by atoms with Gasteiger partial charge in [0, 0.05) is 17.3 Å². The molecular weight excluding hydrogens is 535 g/mol. The van der Waals surface area contributed by atoms with E-state index in [0.29, 0.717) is 45.2 Å². The Morgan fingerprint density at radius 2 is 1.56 bits per heavy atom. The van der Waals surface area contributed by atoms with Crippen LogP contribution in [-0.4, -0.2) is 13.0 Å². The van der Waals surface area contributed by atoms with Gasteiger partial charge in [-0.3, -0.25) is 4.79 Å². The number of carbonyl (C=O) groups is 1. The lowest BCUT2D eigenvalue weighted by atomic mass is 10.1. The van der Waals surface area contributed by atoms with E-state index in [0.717, 1.165) is 11.1 Å². The molecule has 0 atom stereocenters. The number of amides is 1. The first kappa shape index (κ1) is 27.6. The third kappa shape index (κ3) is 7.78. The SMILES string of the molecule is COc1ccc(/C=C(\C#N)C(=O)Nc2ccc(OCc3ccccc3)cc2)c(OCc2ccc(Cl)c(Cl)c2)c1. The van der Waals surface area contributed by atoms with E-state index in [1.807, 2.05) is 36.4 Å². The number of hydrogen-bond donors (Lipinski definition) is 1. The second kappa shape index (κ2) is 13.4. The molecule has 4 aromatic rings. The molecule has 0 saturated heterocycles. The molecule has 6 nitrogen and oxygen atoms in total. The monoisotopic (exact) mass is 558 g/mol. The van der Waals surface area contributed by atoms with E-state index >= 15 is 0 Å². The molecule has 0 aliphatic rings. The van der Waals surface area contributed by atoms with Gasteiger partial charge < -0.3 is 19.5 Å². The van der Waals surface area contributed by atoms with Crippen molar-refractivity contribution in [3.8, 4) is 23.3 Å². The number of nitrogens with one attached hydrogen (secondary N) is 1. The van der Waals surface area contributed by atoms with Crippen molar-refractivity contribution < 1.29 is 19.0 Å². The fraction of sp³-hybridized carbons (Fsp3) is 0.0968. The molecule has 0 heterocycles. The van der Waals surface area contributed by atoms with Gasteiger partial charge in [-0.15, -0.1) is 0 Å².